The van der Waals surface area contributed by atoms with Crippen molar-refractivity contribution in [3.05, 3.63) is 23.1 Å². The van der Waals surface area contributed by atoms with Crippen molar-refractivity contribution in [1.29, 1.82) is 0 Å². The lowest BCUT2D eigenvalue weighted by molar-refractivity contribution is 0.0955. The Hall–Kier alpha value is -0.810. The van der Waals surface area contributed by atoms with Crippen LogP contribution in [0.15, 0.2) is 16.5 Å². The van der Waals surface area contributed by atoms with Gasteiger partial charge in [-0.2, -0.15) is 0 Å². The lowest BCUT2D eigenvalue weighted by atomic mass is 10.2. The van der Waals surface area contributed by atoms with Crippen LogP contribution in [0.2, 0.25) is 5.22 Å². The molecule has 0 saturated heterocycles. The Bertz CT molecular complexity index is 461. The number of halogens is 1. The molecule has 0 saturated carbocycles. The van der Waals surface area contributed by atoms with Crippen molar-refractivity contribution in [2.75, 3.05) is 11.5 Å². The molecular weight excluding hydrogens is 252 g/mol. The zero-order valence-corrected chi connectivity index (χ0v) is 10.5. The van der Waals surface area contributed by atoms with Crippen molar-refractivity contribution in [3.8, 4) is 0 Å². The van der Waals surface area contributed by atoms with Gasteiger partial charge in [0.05, 0.1) is 5.75 Å². The van der Waals surface area contributed by atoms with Crippen LogP contribution in [0.4, 0.5) is 0 Å². The summed E-state index contributed by atoms with van der Waals surface area (Å²) < 4.78 is 27.3. The molecule has 0 aliphatic carbocycles. The van der Waals surface area contributed by atoms with Crippen LogP contribution >= 0.6 is 11.6 Å². The lowest BCUT2D eigenvalue weighted by Crippen LogP contribution is -2.10. The smallest absolute Gasteiger partial charge is 0.198 e. The Morgan fingerprint density at radius 1 is 1.44 bits per heavy atom. The number of hydrogen-bond acceptors (Lipinski definition) is 4. The van der Waals surface area contributed by atoms with Crippen LogP contribution in [-0.4, -0.2) is 25.7 Å². The maximum atomic E-state index is 11.5. The normalized spacial score (nSPS) is 11.6. The van der Waals surface area contributed by atoms with Gasteiger partial charge in [-0.3, -0.25) is 4.79 Å². The van der Waals surface area contributed by atoms with Gasteiger partial charge >= 0.3 is 0 Å². The summed E-state index contributed by atoms with van der Waals surface area (Å²) in [7, 11) is -3.00. The van der Waals surface area contributed by atoms with Crippen LogP contribution < -0.4 is 0 Å². The number of rotatable bonds is 6. The fraction of sp³-hybridized carbons (Fsp3) is 0.500. The number of furan rings is 1. The predicted molar refractivity (Wildman–Crippen MR) is 61.6 cm³/mol. The van der Waals surface area contributed by atoms with Crippen LogP contribution in [-0.2, 0) is 9.84 Å². The van der Waals surface area contributed by atoms with E-state index in [2.05, 4.69) is 0 Å². The largest absolute Gasteiger partial charge is 0.442 e. The van der Waals surface area contributed by atoms with E-state index in [1.807, 2.05) is 0 Å². The highest BCUT2D eigenvalue weighted by Gasteiger charge is 2.13. The van der Waals surface area contributed by atoms with Gasteiger partial charge in [0.15, 0.2) is 16.8 Å². The number of hydrogen-bond donors (Lipinski definition) is 0. The molecular formula is C10H13ClO4S. The maximum Gasteiger partial charge on any atom is 0.198 e. The molecule has 0 radical (unpaired) electrons. The van der Waals surface area contributed by atoms with Crippen molar-refractivity contribution in [2.24, 2.45) is 0 Å². The van der Waals surface area contributed by atoms with Crippen molar-refractivity contribution >= 4 is 27.2 Å². The molecule has 0 spiro atoms. The Morgan fingerprint density at radius 3 is 2.62 bits per heavy atom. The average molecular weight is 265 g/mol. The molecule has 0 aromatic carbocycles. The van der Waals surface area contributed by atoms with Gasteiger partial charge in [-0.05, 0) is 30.2 Å². The number of carbonyl (C=O) groups excluding carboxylic acids is 1. The van der Waals surface area contributed by atoms with E-state index in [9.17, 15) is 13.2 Å². The van der Waals surface area contributed by atoms with Crippen LogP contribution in [0.1, 0.15) is 30.3 Å². The van der Waals surface area contributed by atoms with Crippen LogP contribution in [0.5, 0.6) is 0 Å². The van der Waals surface area contributed by atoms with Crippen molar-refractivity contribution < 1.29 is 17.6 Å². The third-order valence-electron chi connectivity index (χ3n) is 2.15. The van der Waals surface area contributed by atoms with Gasteiger partial charge in [-0.1, -0.05) is 6.92 Å². The van der Waals surface area contributed by atoms with Gasteiger partial charge in [0, 0.05) is 12.2 Å². The van der Waals surface area contributed by atoms with E-state index < -0.39 is 9.84 Å². The summed E-state index contributed by atoms with van der Waals surface area (Å²) in [5.41, 5.74) is 0. The summed E-state index contributed by atoms with van der Waals surface area (Å²) in [4.78, 5) is 11.5. The molecule has 1 heterocycles. The molecule has 16 heavy (non-hydrogen) atoms. The second kappa shape index (κ2) is 5.50. The Balaban J connectivity index is 2.43. The van der Waals surface area contributed by atoms with Crippen LogP contribution in [0.3, 0.4) is 0 Å². The van der Waals surface area contributed by atoms with Gasteiger partial charge in [-0.15, -0.1) is 0 Å². The first-order chi connectivity index (χ1) is 7.44. The van der Waals surface area contributed by atoms with Crippen LogP contribution in [0, 0.1) is 0 Å². The summed E-state index contributed by atoms with van der Waals surface area (Å²) in [5, 5.41) is 0.157. The van der Waals surface area contributed by atoms with Crippen molar-refractivity contribution in [2.45, 2.75) is 19.8 Å². The highest BCUT2D eigenvalue weighted by Crippen LogP contribution is 2.15. The predicted octanol–water partition coefficient (Wildman–Crippen LogP) is 2.33. The molecule has 0 amide bonds. The molecule has 0 aliphatic heterocycles. The third-order valence-corrected chi connectivity index (χ3v) is 4.14. The average Bonchev–Trinajstić information content (AvgIpc) is 2.64. The number of sulfone groups is 1. The molecule has 1 rings (SSSR count). The molecule has 0 atom stereocenters. The molecule has 0 fully saturated rings. The molecule has 1 aromatic heterocycles. The molecule has 0 bridgehead atoms. The summed E-state index contributed by atoms with van der Waals surface area (Å²) in [5.74, 6) is 0.0920. The van der Waals surface area contributed by atoms with E-state index in [1.165, 1.54) is 12.1 Å². The quantitative estimate of drug-likeness (QED) is 0.740. The Labute approximate surface area is 99.5 Å². The molecule has 6 heteroatoms. The lowest BCUT2D eigenvalue weighted by Gasteiger charge is -1.99. The molecule has 0 N–H and O–H groups in total. The zero-order chi connectivity index (χ0) is 12.2. The van der Waals surface area contributed by atoms with Crippen molar-refractivity contribution in [1.82, 2.24) is 0 Å². The first-order valence-corrected chi connectivity index (χ1v) is 7.13. The van der Waals surface area contributed by atoms with Gasteiger partial charge in [-0.25, -0.2) is 8.42 Å². The Kier molecular flexibility index (Phi) is 4.56. The van der Waals surface area contributed by atoms with Gasteiger partial charge in [0.25, 0.3) is 0 Å². The van der Waals surface area contributed by atoms with Crippen LogP contribution in [0.25, 0.3) is 0 Å². The fourth-order valence-corrected chi connectivity index (χ4v) is 2.20. The third kappa shape index (κ3) is 3.98. The maximum absolute atomic E-state index is 11.5. The molecule has 1 aromatic rings. The summed E-state index contributed by atoms with van der Waals surface area (Å²) in [6.07, 6.45) is 0.469. The van der Waals surface area contributed by atoms with Crippen molar-refractivity contribution in [3.63, 3.8) is 0 Å². The van der Waals surface area contributed by atoms with E-state index >= 15 is 0 Å². The minimum absolute atomic E-state index is 0.0314. The van der Waals surface area contributed by atoms with E-state index in [4.69, 9.17) is 16.0 Å². The van der Waals surface area contributed by atoms with E-state index in [1.54, 1.807) is 6.92 Å². The van der Waals surface area contributed by atoms with E-state index in [-0.39, 0.29) is 34.7 Å². The highest BCUT2D eigenvalue weighted by molar-refractivity contribution is 7.91. The first kappa shape index (κ1) is 13.3. The molecule has 4 nitrogen and oxygen atoms in total. The van der Waals surface area contributed by atoms with E-state index in [0.29, 0.717) is 6.42 Å². The first-order valence-electron chi connectivity index (χ1n) is 4.93. The number of ketones is 1. The summed E-state index contributed by atoms with van der Waals surface area (Å²) >= 11 is 5.52. The minimum atomic E-state index is -3.00. The standard InChI is InChI=1S/C10H13ClO4S/c1-2-16(13,14)7-3-4-8(12)9-5-6-10(11)15-9/h5-6H,2-4,7H2,1H3. The summed E-state index contributed by atoms with van der Waals surface area (Å²) in [6, 6.07) is 2.97. The monoisotopic (exact) mass is 264 g/mol. The fourth-order valence-electron chi connectivity index (χ4n) is 1.18. The van der Waals surface area contributed by atoms with E-state index in [0.717, 1.165) is 0 Å². The Morgan fingerprint density at radius 2 is 2.12 bits per heavy atom. The second-order valence-electron chi connectivity index (χ2n) is 3.37. The highest BCUT2D eigenvalue weighted by atomic mass is 35.5. The topological polar surface area (TPSA) is 64.3 Å². The summed E-state index contributed by atoms with van der Waals surface area (Å²) in [6.45, 7) is 1.59. The number of carbonyl (C=O) groups is 1. The van der Waals surface area contributed by atoms with Gasteiger partial charge < -0.3 is 4.42 Å². The molecule has 0 aliphatic rings. The molecule has 90 valence electrons. The second-order valence-corrected chi connectivity index (χ2v) is 6.21. The zero-order valence-electron chi connectivity index (χ0n) is 8.90. The molecule has 0 unspecified atom stereocenters. The SMILES string of the molecule is CCS(=O)(=O)CCCC(=O)c1ccc(Cl)o1. The number of Topliss-reactive ketones (excluding diaryl/α,β-unsaturated/α-hetero) is 1. The van der Waals surface area contributed by atoms with Gasteiger partial charge in [0.2, 0.25) is 0 Å². The van der Waals surface area contributed by atoms with Gasteiger partial charge in [0.1, 0.15) is 9.84 Å². The minimum Gasteiger partial charge on any atom is -0.442 e.